The number of amides is 1. The predicted octanol–water partition coefficient (Wildman–Crippen LogP) is 0.743. The zero-order valence-corrected chi connectivity index (χ0v) is 15.3. The molecule has 3 unspecified atom stereocenters. The topological polar surface area (TPSA) is 139 Å². The number of aliphatic carboxylic acids is 1. The Morgan fingerprint density at radius 3 is 2.20 bits per heavy atom. The number of carboxylic acids is 1. The van der Waals surface area contributed by atoms with Gasteiger partial charge in [0.1, 0.15) is 6.04 Å². The summed E-state index contributed by atoms with van der Waals surface area (Å²) in [7, 11) is -3.76. The van der Waals surface area contributed by atoms with Gasteiger partial charge in [-0.2, -0.15) is 0 Å². The monoisotopic (exact) mass is 371 g/mol. The van der Waals surface area contributed by atoms with E-state index >= 15 is 0 Å². The summed E-state index contributed by atoms with van der Waals surface area (Å²) < 4.78 is 22.5. The lowest BCUT2D eigenvalue weighted by atomic mass is 10.1. The molecular weight excluding hydrogens is 346 g/mol. The number of nitrogens with two attached hydrogens (primary N) is 1. The highest BCUT2D eigenvalue weighted by Crippen LogP contribution is 2.15. The fourth-order valence-electron chi connectivity index (χ4n) is 2.31. The van der Waals surface area contributed by atoms with E-state index in [1.165, 1.54) is 12.1 Å². The summed E-state index contributed by atoms with van der Waals surface area (Å²) >= 11 is 0. The van der Waals surface area contributed by atoms with Crippen molar-refractivity contribution in [2.45, 2.75) is 56.6 Å². The third kappa shape index (κ3) is 6.45. The number of carboxylic acid groups (broad SMARTS) is 1. The molecule has 8 nitrogen and oxygen atoms in total. The number of benzene rings is 1. The molecule has 0 heterocycles. The number of sulfonamides is 1. The zero-order chi connectivity index (χ0) is 19.2. The quantitative estimate of drug-likeness (QED) is 0.505. The molecule has 9 heteroatoms. The van der Waals surface area contributed by atoms with Crippen LogP contribution in [-0.2, 0) is 19.6 Å². The third-order valence-corrected chi connectivity index (χ3v) is 4.72. The second kappa shape index (κ2) is 8.93. The average Bonchev–Trinajstić information content (AvgIpc) is 2.53. The fourth-order valence-corrected chi connectivity index (χ4v) is 2.83. The molecule has 1 rings (SSSR count). The molecule has 0 aliphatic carbocycles. The van der Waals surface area contributed by atoms with Crippen LogP contribution in [0.2, 0.25) is 0 Å². The first-order valence-electron chi connectivity index (χ1n) is 7.98. The van der Waals surface area contributed by atoms with Crippen molar-refractivity contribution in [3.05, 3.63) is 29.8 Å². The molecule has 0 bridgehead atoms. The molecule has 1 aromatic rings. The average molecular weight is 371 g/mol. The number of primary sulfonamides is 1. The first-order chi connectivity index (χ1) is 11.6. The Morgan fingerprint density at radius 2 is 1.76 bits per heavy atom. The lowest BCUT2D eigenvalue weighted by Gasteiger charge is -2.22. The molecule has 140 valence electrons. The van der Waals surface area contributed by atoms with Gasteiger partial charge in [0.2, 0.25) is 15.9 Å². The Hall–Kier alpha value is -1.97. The van der Waals surface area contributed by atoms with Gasteiger partial charge < -0.3 is 10.4 Å². The second-order valence-corrected chi connectivity index (χ2v) is 7.47. The smallest absolute Gasteiger partial charge is 0.320 e. The molecule has 0 aromatic heterocycles. The zero-order valence-electron chi connectivity index (χ0n) is 14.5. The van der Waals surface area contributed by atoms with Crippen LogP contribution in [0.5, 0.6) is 0 Å². The molecule has 1 aromatic carbocycles. The minimum atomic E-state index is -3.76. The van der Waals surface area contributed by atoms with E-state index in [4.69, 9.17) is 10.2 Å². The van der Waals surface area contributed by atoms with Gasteiger partial charge in [-0.3, -0.25) is 14.9 Å². The Bertz CT molecular complexity index is 703. The predicted molar refractivity (Wildman–Crippen MR) is 93.3 cm³/mol. The Morgan fingerprint density at radius 1 is 1.20 bits per heavy atom. The highest BCUT2D eigenvalue weighted by atomic mass is 32.2. The number of hydrogen-bond donors (Lipinski definition) is 4. The van der Waals surface area contributed by atoms with Crippen molar-refractivity contribution in [1.82, 2.24) is 10.6 Å². The van der Waals surface area contributed by atoms with Crippen molar-refractivity contribution in [3.8, 4) is 0 Å². The summed E-state index contributed by atoms with van der Waals surface area (Å²) in [6.07, 6.45) is 1.11. The molecule has 1 amide bonds. The minimum Gasteiger partial charge on any atom is -0.480 e. The van der Waals surface area contributed by atoms with E-state index in [1.54, 1.807) is 26.0 Å². The fraction of sp³-hybridized carbons (Fsp3) is 0.500. The van der Waals surface area contributed by atoms with E-state index < -0.39 is 28.1 Å². The van der Waals surface area contributed by atoms with Crippen LogP contribution < -0.4 is 15.8 Å². The Labute approximate surface area is 147 Å². The third-order valence-electron chi connectivity index (χ3n) is 3.79. The maximum absolute atomic E-state index is 12.2. The van der Waals surface area contributed by atoms with Crippen molar-refractivity contribution in [2.24, 2.45) is 5.14 Å². The van der Waals surface area contributed by atoms with E-state index in [0.717, 1.165) is 0 Å². The van der Waals surface area contributed by atoms with E-state index in [-0.39, 0.29) is 16.8 Å². The first-order valence-corrected chi connectivity index (χ1v) is 9.52. The van der Waals surface area contributed by atoms with Crippen molar-refractivity contribution in [1.29, 1.82) is 0 Å². The molecule has 0 saturated carbocycles. The largest absolute Gasteiger partial charge is 0.480 e. The van der Waals surface area contributed by atoms with Crippen molar-refractivity contribution in [3.63, 3.8) is 0 Å². The van der Waals surface area contributed by atoms with E-state index in [0.29, 0.717) is 18.4 Å². The van der Waals surface area contributed by atoms with Gasteiger partial charge in [-0.1, -0.05) is 25.5 Å². The maximum Gasteiger partial charge on any atom is 0.320 e. The van der Waals surface area contributed by atoms with E-state index in [9.17, 15) is 18.0 Å². The Balaban J connectivity index is 2.70. The van der Waals surface area contributed by atoms with Crippen LogP contribution >= 0.6 is 0 Å². The minimum absolute atomic E-state index is 0.00585. The summed E-state index contributed by atoms with van der Waals surface area (Å²) in [5.41, 5.74) is 0.705. The molecule has 0 saturated heterocycles. The van der Waals surface area contributed by atoms with Crippen LogP contribution in [0.4, 0.5) is 0 Å². The summed E-state index contributed by atoms with van der Waals surface area (Å²) in [6.45, 7) is 5.21. The Kier molecular flexibility index (Phi) is 7.53. The van der Waals surface area contributed by atoms with Gasteiger partial charge in [-0.05, 0) is 38.0 Å². The van der Waals surface area contributed by atoms with Crippen molar-refractivity contribution < 1.29 is 23.1 Å². The first kappa shape index (κ1) is 21.1. The van der Waals surface area contributed by atoms with Crippen molar-refractivity contribution in [2.75, 3.05) is 0 Å². The number of nitrogens with one attached hydrogen (secondary N) is 2. The van der Waals surface area contributed by atoms with Gasteiger partial charge in [0.25, 0.3) is 0 Å². The standard InChI is InChI=1S/C16H25N3O5S/c1-4-5-14(16(21)22)18-11(3)15(20)19-10(2)12-6-8-13(9-7-12)25(17,23)24/h6-11,14,18H,4-5H2,1-3H3,(H,19,20)(H,21,22)(H2,17,23,24). The lowest BCUT2D eigenvalue weighted by Crippen LogP contribution is -2.49. The molecule has 25 heavy (non-hydrogen) atoms. The van der Waals surface area contributed by atoms with Crippen LogP contribution in [0.3, 0.4) is 0 Å². The van der Waals surface area contributed by atoms with Crippen LogP contribution in [0.1, 0.15) is 45.2 Å². The van der Waals surface area contributed by atoms with Crippen LogP contribution in [0.15, 0.2) is 29.2 Å². The number of carbonyl (C=O) groups is 2. The van der Waals surface area contributed by atoms with E-state index in [1.807, 2.05) is 6.92 Å². The summed E-state index contributed by atoms with van der Waals surface area (Å²) in [5, 5.41) is 19.7. The van der Waals surface area contributed by atoms with Gasteiger partial charge in [0, 0.05) is 0 Å². The molecule has 0 aliphatic heterocycles. The van der Waals surface area contributed by atoms with Gasteiger partial charge in [0.05, 0.1) is 17.0 Å². The molecule has 0 aliphatic rings. The SMILES string of the molecule is CCCC(NC(C)C(=O)NC(C)c1ccc(S(N)(=O)=O)cc1)C(=O)O. The van der Waals surface area contributed by atoms with Gasteiger partial charge in [-0.25, -0.2) is 13.6 Å². The molecular formula is C16H25N3O5S. The van der Waals surface area contributed by atoms with Crippen LogP contribution in [0, 0.1) is 0 Å². The second-order valence-electron chi connectivity index (χ2n) is 5.91. The number of hydrogen-bond acceptors (Lipinski definition) is 5. The summed E-state index contributed by atoms with van der Waals surface area (Å²) in [6, 6.07) is 4.04. The molecule has 0 fully saturated rings. The molecule has 0 spiro atoms. The van der Waals surface area contributed by atoms with E-state index in [2.05, 4.69) is 10.6 Å². The lowest BCUT2D eigenvalue weighted by molar-refractivity contribution is -0.140. The van der Waals surface area contributed by atoms with Crippen LogP contribution in [0.25, 0.3) is 0 Å². The normalized spacial score (nSPS) is 15.2. The maximum atomic E-state index is 12.2. The molecule has 3 atom stereocenters. The van der Waals surface area contributed by atoms with Gasteiger partial charge in [0.15, 0.2) is 0 Å². The van der Waals surface area contributed by atoms with Crippen LogP contribution in [-0.4, -0.2) is 37.5 Å². The summed E-state index contributed by atoms with van der Waals surface area (Å²) in [4.78, 5) is 23.4. The highest BCUT2D eigenvalue weighted by Gasteiger charge is 2.23. The van der Waals surface area contributed by atoms with Gasteiger partial charge >= 0.3 is 5.97 Å². The summed E-state index contributed by atoms with van der Waals surface area (Å²) in [5.74, 6) is -1.33. The molecule has 5 N–H and O–H groups in total. The number of rotatable bonds is 9. The number of carbonyl (C=O) groups excluding carboxylic acids is 1. The highest BCUT2D eigenvalue weighted by molar-refractivity contribution is 7.89. The molecule has 0 radical (unpaired) electrons. The van der Waals surface area contributed by atoms with Gasteiger partial charge in [-0.15, -0.1) is 0 Å². The van der Waals surface area contributed by atoms with Crippen molar-refractivity contribution >= 4 is 21.9 Å².